The second-order valence-corrected chi connectivity index (χ2v) is 4.00. The van der Waals surface area contributed by atoms with E-state index in [-0.39, 0.29) is 18.3 Å². The lowest BCUT2D eigenvalue weighted by atomic mass is 10.1. The number of nitrogens with zero attached hydrogens (tertiary/aromatic N) is 1. The molecule has 2 aliphatic heterocycles. The van der Waals surface area contributed by atoms with Gasteiger partial charge in [0.2, 0.25) is 0 Å². The van der Waals surface area contributed by atoms with Gasteiger partial charge in [0.05, 0.1) is 13.2 Å². The van der Waals surface area contributed by atoms with Crippen LogP contribution in [0.3, 0.4) is 0 Å². The highest BCUT2D eigenvalue weighted by Crippen LogP contribution is 2.29. The standard InChI is InChI=1S/C11H13NO4/c13-8-5-14-11-9(6-15-10(8)11)16-7-1-3-12-4-2-7/h1-4,8-11,13H,5-6H2/t8-,9+,10-,11-/m1/s1. The van der Waals surface area contributed by atoms with E-state index in [2.05, 4.69) is 4.98 Å². The molecule has 1 aromatic rings. The van der Waals surface area contributed by atoms with E-state index in [9.17, 15) is 5.11 Å². The summed E-state index contributed by atoms with van der Waals surface area (Å²) in [7, 11) is 0. The van der Waals surface area contributed by atoms with E-state index in [0.29, 0.717) is 13.2 Å². The van der Waals surface area contributed by atoms with Crippen LogP contribution in [-0.4, -0.2) is 47.7 Å². The molecule has 16 heavy (non-hydrogen) atoms. The first-order valence-corrected chi connectivity index (χ1v) is 5.32. The maximum atomic E-state index is 9.57. The van der Waals surface area contributed by atoms with Crippen molar-refractivity contribution in [3.8, 4) is 5.75 Å². The Kier molecular flexibility index (Phi) is 2.51. The van der Waals surface area contributed by atoms with Gasteiger partial charge in [-0.3, -0.25) is 4.98 Å². The molecule has 1 aromatic heterocycles. The average Bonchev–Trinajstić information content (AvgIpc) is 2.86. The molecule has 0 unspecified atom stereocenters. The van der Waals surface area contributed by atoms with Crippen LogP contribution >= 0.6 is 0 Å². The van der Waals surface area contributed by atoms with Gasteiger partial charge in [0.15, 0.2) is 6.10 Å². The third-order valence-electron chi connectivity index (χ3n) is 2.92. The molecule has 0 amide bonds. The van der Waals surface area contributed by atoms with Gasteiger partial charge in [-0.15, -0.1) is 0 Å². The lowest BCUT2D eigenvalue weighted by molar-refractivity contribution is 0.00861. The highest BCUT2D eigenvalue weighted by Gasteiger charge is 2.48. The van der Waals surface area contributed by atoms with Crippen molar-refractivity contribution in [3.05, 3.63) is 24.5 Å². The third kappa shape index (κ3) is 1.67. The summed E-state index contributed by atoms with van der Waals surface area (Å²) >= 11 is 0. The molecule has 3 rings (SSSR count). The van der Waals surface area contributed by atoms with Crippen molar-refractivity contribution < 1.29 is 19.3 Å². The minimum Gasteiger partial charge on any atom is -0.485 e. The van der Waals surface area contributed by atoms with Gasteiger partial charge in [0.25, 0.3) is 0 Å². The molecule has 0 radical (unpaired) electrons. The molecule has 0 aromatic carbocycles. The topological polar surface area (TPSA) is 60.8 Å². The highest BCUT2D eigenvalue weighted by atomic mass is 16.6. The molecular formula is C11H13NO4. The van der Waals surface area contributed by atoms with E-state index < -0.39 is 6.10 Å². The van der Waals surface area contributed by atoms with Crippen LogP contribution < -0.4 is 4.74 Å². The molecule has 3 heterocycles. The zero-order valence-electron chi connectivity index (χ0n) is 8.65. The normalized spacial score (nSPS) is 37.3. The van der Waals surface area contributed by atoms with Crippen molar-refractivity contribution in [1.82, 2.24) is 4.98 Å². The Balaban J connectivity index is 1.69. The van der Waals surface area contributed by atoms with Crippen molar-refractivity contribution >= 4 is 0 Å². The molecule has 4 atom stereocenters. The molecule has 86 valence electrons. The first-order chi connectivity index (χ1) is 7.84. The average molecular weight is 223 g/mol. The summed E-state index contributed by atoms with van der Waals surface area (Å²) in [5.41, 5.74) is 0. The van der Waals surface area contributed by atoms with E-state index in [1.54, 1.807) is 24.5 Å². The van der Waals surface area contributed by atoms with Gasteiger partial charge in [0.1, 0.15) is 24.1 Å². The van der Waals surface area contributed by atoms with Gasteiger partial charge in [-0.05, 0) is 12.1 Å². The van der Waals surface area contributed by atoms with Crippen LogP contribution in [0.4, 0.5) is 0 Å². The lowest BCUT2D eigenvalue weighted by Crippen LogP contribution is -2.34. The summed E-state index contributed by atoms with van der Waals surface area (Å²) in [5.74, 6) is 0.745. The monoisotopic (exact) mass is 223 g/mol. The van der Waals surface area contributed by atoms with Crippen LogP contribution in [-0.2, 0) is 9.47 Å². The minimum atomic E-state index is -0.531. The summed E-state index contributed by atoms with van der Waals surface area (Å²) < 4.78 is 16.7. The van der Waals surface area contributed by atoms with E-state index in [1.165, 1.54) is 0 Å². The number of hydrogen-bond acceptors (Lipinski definition) is 5. The molecule has 0 aliphatic carbocycles. The maximum absolute atomic E-state index is 9.57. The molecule has 2 aliphatic rings. The van der Waals surface area contributed by atoms with Crippen LogP contribution in [0.15, 0.2) is 24.5 Å². The van der Waals surface area contributed by atoms with E-state index in [1.807, 2.05) is 0 Å². The third-order valence-corrected chi connectivity index (χ3v) is 2.92. The number of aliphatic hydroxyl groups is 1. The maximum Gasteiger partial charge on any atom is 0.151 e. The van der Waals surface area contributed by atoms with Gasteiger partial charge >= 0.3 is 0 Å². The Morgan fingerprint density at radius 3 is 2.75 bits per heavy atom. The smallest absolute Gasteiger partial charge is 0.151 e. The van der Waals surface area contributed by atoms with E-state index in [0.717, 1.165) is 5.75 Å². The minimum absolute atomic E-state index is 0.149. The Hall–Kier alpha value is -1.17. The Morgan fingerprint density at radius 2 is 1.94 bits per heavy atom. The summed E-state index contributed by atoms with van der Waals surface area (Å²) in [6, 6.07) is 3.58. The number of fused-ring (bicyclic) bond motifs is 1. The number of rotatable bonds is 2. The second-order valence-electron chi connectivity index (χ2n) is 4.00. The number of aromatic nitrogens is 1. The Bertz CT molecular complexity index is 358. The Morgan fingerprint density at radius 1 is 1.19 bits per heavy atom. The van der Waals surface area contributed by atoms with Gasteiger partial charge in [-0.1, -0.05) is 0 Å². The number of hydrogen-bond donors (Lipinski definition) is 1. The van der Waals surface area contributed by atoms with E-state index >= 15 is 0 Å². The van der Waals surface area contributed by atoms with Crippen LogP contribution in [0.5, 0.6) is 5.75 Å². The van der Waals surface area contributed by atoms with E-state index in [4.69, 9.17) is 14.2 Å². The van der Waals surface area contributed by atoms with Crippen molar-refractivity contribution in [2.45, 2.75) is 24.4 Å². The van der Waals surface area contributed by atoms with Crippen LogP contribution in [0.2, 0.25) is 0 Å². The van der Waals surface area contributed by atoms with Gasteiger partial charge in [-0.2, -0.15) is 0 Å². The number of pyridine rings is 1. The SMILES string of the molecule is O[C@@H]1CO[C@H]2[C@@H]1OC[C@@H]2Oc1ccncc1. The number of ether oxygens (including phenoxy) is 3. The number of aliphatic hydroxyl groups excluding tert-OH is 1. The van der Waals surface area contributed by atoms with Crippen LogP contribution in [0.25, 0.3) is 0 Å². The van der Waals surface area contributed by atoms with Crippen LogP contribution in [0, 0.1) is 0 Å². The lowest BCUT2D eigenvalue weighted by Gasteiger charge is -2.17. The molecule has 5 nitrogen and oxygen atoms in total. The summed E-state index contributed by atoms with van der Waals surface area (Å²) in [6.07, 6.45) is 2.26. The molecular weight excluding hydrogens is 210 g/mol. The van der Waals surface area contributed by atoms with Crippen LogP contribution in [0.1, 0.15) is 0 Å². The predicted octanol–water partition coefficient (Wildman–Crippen LogP) is -0.0125. The summed E-state index contributed by atoms with van der Waals surface area (Å²) in [6.45, 7) is 0.778. The molecule has 0 spiro atoms. The zero-order chi connectivity index (χ0) is 11.0. The zero-order valence-corrected chi connectivity index (χ0v) is 8.65. The fourth-order valence-electron chi connectivity index (χ4n) is 2.14. The van der Waals surface area contributed by atoms with Gasteiger partial charge in [-0.25, -0.2) is 0 Å². The summed E-state index contributed by atoms with van der Waals surface area (Å²) in [5, 5.41) is 9.57. The van der Waals surface area contributed by atoms with Gasteiger partial charge in [0, 0.05) is 12.4 Å². The molecule has 5 heteroatoms. The quantitative estimate of drug-likeness (QED) is 0.764. The first kappa shape index (κ1) is 10.0. The van der Waals surface area contributed by atoms with Crippen molar-refractivity contribution in [3.63, 3.8) is 0 Å². The van der Waals surface area contributed by atoms with Crippen molar-refractivity contribution in [2.75, 3.05) is 13.2 Å². The Labute approximate surface area is 93.0 Å². The van der Waals surface area contributed by atoms with Crippen molar-refractivity contribution in [1.29, 1.82) is 0 Å². The second kappa shape index (κ2) is 4.01. The molecule has 0 bridgehead atoms. The fraction of sp³-hybridized carbons (Fsp3) is 0.545. The molecule has 2 saturated heterocycles. The largest absolute Gasteiger partial charge is 0.485 e. The first-order valence-electron chi connectivity index (χ1n) is 5.32. The summed E-state index contributed by atoms with van der Waals surface area (Å²) in [4.78, 5) is 3.92. The molecule has 2 fully saturated rings. The molecule has 0 saturated carbocycles. The highest BCUT2D eigenvalue weighted by molar-refractivity contribution is 5.18. The molecule has 1 N–H and O–H groups in total. The van der Waals surface area contributed by atoms with Gasteiger partial charge < -0.3 is 19.3 Å². The fourth-order valence-corrected chi connectivity index (χ4v) is 2.14. The predicted molar refractivity (Wildman–Crippen MR) is 54.1 cm³/mol. The van der Waals surface area contributed by atoms with Crippen molar-refractivity contribution in [2.24, 2.45) is 0 Å².